The summed E-state index contributed by atoms with van der Waals surface area (Å²) in [5.41, 5.74) is 2.74. The van der Waals surface area contributed by atoms with Gasteiger partial charge in [-0.25, -0.2) is 0 Å². The largest absolute Gasteiger partial charge is 0.350 e. The van der Waals surface area contributed by atoms with Crippen LogP contribution < -0.4 is 0 Å². The molecule has 0 unspecified atom stereocenters. The van der Waals surface area contributed by atoms with Crippen LogP contribution in [-0.4, -0.2) is 19.0 Å². The molecule has 1 aliphatic carbocycles. The van der Waals surface area contributed by atoms with E-state index in [2.05, 4.69) is 88.4 Å². The van der Waals surface area contributed by atoms with Crippen molar-refractivity contribution in [1.29, 1.82) is 0 Å². The maximum absolute atomic E-state index is 6.34. The Hall–Kier alpha value is -1.64. The van der Waals surface area contributed by atoms with Gasteiger partial charge in [-0.3, -0.25) is 0 Å². The van der Waals surface area contributed by atoms with Crippen molar-refractivity contribution < 1.29 is 9.47 Å². The molecule has 25 heavy (non-hydrogen) atoms. The highest BCUT2D eigenvalue weighted by molar-refractivity contribution is 5.34. The first-order valence-corrected chi connectivity index (χ1v) is 9.53. The predicted molar refractivity (Wildman–Crippen MR) is 103 cm³/mol. The van der Waals surface area contributed by atoms with Crippen LogP contribution in [0.1, 0.15) is 50.7 Å². The molecule has 134 valence electrons. The van der Waals surface area contributed by atoms with Gasteiger partial charge < -0.3 is 9.47 Å². The summed E-state index contributed by atoms with van der Waals surface area (Å²) in [5.74, 6) is 0.753. The topological polar surface area (TPSA) is 18.5 Å². The summed E-state index contributed by atoms with van der Waals surface area (Å²) in [6.07, 6.45) is 0. The van der Waals surface area contributed by atoms with Crippen molar-refractivity contribution in [3.05, 3.63) is 71.8 Å². The van der Waals surface area contributed by atoms with Crippen molar-refractivity contribution in [2.75, 3.05) is 13.2 Å². The fraction of sp³-hybridized carbons (Fsp3) is 0.478. The van der Waals surface area contributed by atoms with Crippen molar-refractivity contribution in [2.24, 2.45) is 11.8 Å². The average molecular weight is 338 g/mol. The number of hydrogen-bond acceptors (Lipinski definition) is 2. The second kappa shape index (κ2) is 7.72. The molecule has 3 rings (SSSR count). The van der Waals surface area contributed by atoms with E-state index in [1.54, 1.807) is 0 Å². The first kappa shape index (κ1) is 18.2. The van der Waals surface area contributed by atoms with Crippen LogP contribution in [0.4, 0.5) is 0 Å². The molecule has 0 N–H and O–H groups in total. The van der Waals surface area contributed by atoms with Crippen LogP contribution in [0.2, 0.25) is 0 Å². The Kier molecular flexibility index (Phi) is 5.61. The summed E-state index contributed by atoms with van der Waals surface area (Å²) in [6, 6.07) is 21.7. The predicted octanol–water partition coefficient (Wildman–Crippen LogP) is 5.61. The summed E-state index contributed by atoms with van der Waals surface area (Å²) >= 11 is 0. The Morgan fingerprint density at radius 1 is 0.680 bits per heavy atom. The highest BCUT2D eigenvalue weighted by Crippen LogP contribution is 2.59. The van der Waals surface area contributed by atoms with Crippen molar-refractivity contribution in [3.8, 4) is 0 Å². The third-order valence-electron chi connectivity index (χ3n) is 5.84. The molecule has 0 spiro atoms. The maximum Gasteiger partial charge on any atom is 0.174 e. The lowest BCUT2D eigenvalue weighted by Gasteiger charge is -2.38. The number of benzene rings is 2. The monoisotopic (exact) mass is 338 g/mol. The summed E-state index contributed by atoms with van der Waals surface area (Å²) < 4.78 is 12.7. The molecule has 0 amide bonds. The zero-order chi connectivity index (χ0) is 17.9. The Bertz CT molecular complexity index is 593. The Labute approximate surface area is 152 Å². The molecule has 1 fully saturated rings. The van der Waals surface area contributed by atoms with Crippen molar-refractivity contribution in [2.45, 2.75) is 45.3 Å². The van der Waals surface area contributed by atoms with Crippen LogP contribution in [0.25, 0.3) is 0 Å². The minimum absolute atomic E-state index is 0.273. The van der Waals surface area contributed by atoms with Crippen LogP contribution in [0.5, 0.6) is 0 Å². The van der Waals surface area contributed by atoms with Gasteiger partial charge in [0.05, 0.1) is 0 Å². The molecule has 0 heterocycles. The highest BCUT2D eigenvalue weighted by atomic mass is 16.7. The quantitative estimate of drug-likeness (QED) is 0.637. The van der Waals surface area contributed by atoms with Gasteiger partial charge in [-0.2, -0.15) is 0 Å². The molecule has 0 bridgehead atoms. The molecule has 2 aromatic rings. The molecule has 1 aliphatic rings. The van der Waals surface area contributed by atoms with Gasteiger partial charge >= 0.3 is 0 Å². The van der Waals surface area contributed by atoms with Crippen molar-refractivity contribution >= 4 is 0 Å². The van der Waals surface area contributed by atoms with Crippen LogP contribution in [0.15, 0.2) is 60.7 Å². The number of ether oxygens (including phenoxy) is 2. The molecule has 0 radical (unpaired) electrons. The molecule has 0 aliphatic heterocycles. The van der Waals surface area contributed by atoms with Gasteiger partial charge in [0.15, 0.2) is 5.79 Å². The second-order valence-electron chi connectivity index (χ2n) is 7.04. The van der Waals surface area contributed by atoms with E-state index in [0.29, 0.717) is 25.0 Å². The van der Waals surface area contributed by atoms with E-state index in [1.807, 2.05) is 0 Å². The SMILES string of the molecule is CCOC1(OCC)[C@H](C)[C@H](c2ccccc2)[C@H](c2ccccc2)[C@@H]1C. The Balaban J connectivity index is 2.12. The van der Waals surface area contributed by atoms with Crippen molar-refractivity contribution in [3.63, 3.8) is 0 Å². The first-order chi connectivity index (χ1) is 12.2. The Morgan fingerprint density at radius 2 is 1.04 bits per heavy atom. The van der Waals surface area contributed by atoms with Crippen LogP contribution in [0, 0.1) is 11.8 Å². The zero-order valence-electron chi connectivity index (χ0n) is 15.8. The molecule has 0 aromatic heterocycles. The fourth-order valence-corrected chi connectivity index (χ4v) is 4.90. The zero-order valence-corrected chi connectivity index (χ0v) is 15.8. The van der Waals surface area contributed by atoms with Gasteiger partial charge in [0.2, 0.25) is 0 Å². The summed E-state index contributed by atoms with van der Waals surface area (Å²) in [7, 11) is 0. The minimum Gasteiger partial charge on any atom is -0.350 e. The van der Waals surface area contributed by atoms with E-state index in [9.17, 15) is 0 Å². The van der Waals surface area contributed by atoms with E-state index < -0.39 is 5.79 Å². The van der Waals surface area contributed by atoms with Gasteiger partial charge in [-0.05, 0) is 36.8 Å². The summed E-state index contributed by atoms with van der Waals surface area (Å²) in [6.45, 7) is 10.0. The lowest BCUT2D eigenvalue weighted by molar-refractivity contribution is -0.272. The third-order valence-corrected chi connectivity index (χ3v) is 5.84. The molecule has 0 saturated heterocycles. The lowest BCUT2D eigenvalue weighted by atomic mass is 9.78. The molecule has 2 aromatic carbocycles. The molecule has 2 nitrogen and oxygen atoms in total. The van der Waals surface area contributed by atoms with E-state index in [1.165, 1.54) is 11.1 Å². The minimum atomic E-state index is -0.537. The summed E-state index contributed by atoms with van der Waals surface area (Å²) in [5, 5.41) is 0. The van der Waals surface area contributed by atoms with Crippen LogP contribution in [0.3, 0.4) is 0 Å². The molecule has 1 saturated carbocycles. The van der Waals surface area contributed by atoms with E-state index in [0.717, 1.165) is 0 Å². The van der Waals surface area contributed by atoms with Gasteiger partial charge in [0.25, 0.3) is 0 Å². The van der Waals surface area contributed by atoms with Gasteiger partial charge in [0.1, 0.15) is 0 Å². The fourth-order valence-electron chi connectivity index (χ4n) is 4.90. The van der Waals surface area contributed by atoms with Crippen LogP contribution in [-0.2, 0) is 9.47 Å². The number of rotatable bonds is 6. The Morgan fingerprint density at radius 3 is 1.36 bits per heavy atom. The third kappa shape index (κ3) is 3.14. The summed E-state index contributed by atoms with van der Waals surface area (Å²) in [4.78, 5) is 0. The molecular formula is C23H30O2. The van der Waals surface area contributed by atoms with E-state index in [4.69, 9.17) is 9.47 Å². The molecular weight excluding hydrogens is 308 g/mol. The van der Waals surface area contributed by atoms with E-state index >= 15 is 0 Å². The standard InChI is InChI=1S/C23H30O2/c1-5-24-23(25-6-2)17(3)21(19-13-9-7-10-14-19)22(18(23)4)20-15-11-8-12-16-20/h7-18,21-22H,5-6H2,1-4H3/t17-,18+,21-,22+. The first-order valence-electron chi connectivity index (χ1n) is 9.53. The van der Waals surface area contributed by atoms with Gasteiger partial charge in [0, 0.05) is 25.0 Å². The van der Waals surface area contributed by atoms with Gasteiger partial charge in [-0.15, -0.1) is 0 Å². The van der Waals surface area contributed by atoms with E-state index in [-0.39, 0.29) is 11.8 Å². The van der Waals surface area contributed by atoms with Crippen molar-refractivity contribution in [1.82, 2.24) is 0 Å². The van der Waals surface area contributed by atoms with Gasteiger partial charge in [-0.1, -0.05) is 74.5 Å². The maximum atomic E-state index is 6.34. The molecule has 4 atom stereocenters. The normalized spacial score (nSPS) is 28.2. The second-order valence-corrected chi connectivity index (χ2v) is 7.04. The smallest absolute Gasteiger partial charge is 0.174 e. The highest BCUT2D eigenvalue weighted by Gasteiger charge is 2.59. The average Bonchev–Trinajstić information content (AvgIpc) is 2.86. The molecule has 2 heteroatoms. The lowest BCUT2D eigenvalue weighted by Crippen LogP contribution is -2.44. The number of hydrogen-bond donors (Lipinski definition) is 0. The van der Waals surface area contributed by atoms with Crippen LogP contribution >= 0.6 is 0 Å².